The molecule has 10 rings (SSSR count). The zero-order valence-electron chi connectivity index (χ0n) is 25.2. The van der Waals surface area contributed by atoms with Crippen molar-refractivity contribution in [3.05, 3.63) is 180 Å². The molecule has 1 aliphatic heterocycles. The number of rotatable bonds is 3. The molecule has 0 radical (unpaired) electrons. The topological polar surface area (TPSA) is 38.9 Å². The van der Waals surface area contributed by atoms with Crippen LogP contribution in [0.1, 0.15) is 22.3 Å². The highest BCUT2D eigenvalue weighted by Crippen LogP contribution is 2.63. The fourth-order valence-corrected chi connectivity index (χ4v) is 8.95. The Morgan fingerprint density at radius 2 is 1.17 bits per heavy atom. The van der Waals surface area contributed by atoms with Crippen molar-refractivity contribution in [1.29, 1.82) is 0 Å². The Kier molecular flexibility index (Phi) is 5.72. The minimum absolute atomic E-state index is 0.516. The Morgan fingerprint density at radius 1 is 0.489 bits per heavy atom. The van der Waals surface area contributed by atoms with E-state index in [1.54, 1.807) is 6.26 Å². The number of fused-ring (bicyclic) bond motifs is 10. The molecule has 4 heteroatoms. The normalized spacial score (nSPS) is 15.7. The maximum Gasteiger partial charge on any atom is 0.160 e. The lowest BCUT2D eigenvalue weighted by Gasteiger charge is -2.40. The van der Waals surface area contributed by atoms with E-state index in [9.17, 15) is 0 Å². The van der Waals surface area contributed by atoms with Gasteiger partial charge in [-0.2, -0.15) is 0 Å². The highest BCUT2D eigenvalue weighted by Gasteiger charge is 2.51. The van der Waals surface area contributed by atoms with E-state index in [-0.39, 0.29) is 0 Å². The molecule has 3 heterocycles. The zero-order chi connectivity index (χ0) is 31.0. The van der Waals surface area contributed by atoms with E-state index in [1.165, 1.54) is 43.2 Å². The second kappa shape index (κ2) is 10.1. The Balaban J connectivity index is 1.29. The summed E-state index contributed by atoms with van der Waals surface area (Å²) in [6.07, 6.45) is 1.79. The average molecular weight is 619 g/mol. The van der Waals surface area contributed by atoms with Gasteiger partial charge in [-0.1, -0.05) is 133 Å². The van der Waals surface area contributed by atoms with Gasteiger partial charge in [0.1, 0.15) is 5.58 Å². The minimum Gasteiger partial charge on any atom is -0.464 e. The number of nitrogens with zero attached hydrogens (tertiary/aromatic N) is 2. The standard InChI is InChI=1S/C43H26N2OS/c1-3-12-27(13-4-1)37-26-38(45-42(44-37)28-14-5-2-6-15-28)31-17-11-20-35-41(31)47-40-21-10-9-19-34(40)43(35)33-18-8-7-16-30(33)32-24-29-22-23-46-39(29)25-36(32)43/h1-26H. The molecule has 1 unspecified atom stereocenters. The largest absolute Gasteiger partial charge is 0.464 e. The van der Waals surface area contributed by atoms with Crippen LogP contribution in [0.2, 0.25) is 0 Å². The third-order valence-electron chi connectivity index (χ3n) is 9.64. The number of benzene rings is 6. The summed E-state index contributed by atoms with van der Waals surface area (Å²) in [5.74, 6) is 0.715. The molecule has 2 aliphatic rings. The lowest BCUT2D eigenvalue weighted by Crippen LogP contribution is -2.32. The summed E-state index contributed by atoms with van der Waals surface area (Å²) < 4.78 is 6.03. The Hall–Kier alpha value is -5.71. The van der Waals surface area contributed by atoms with E-state index in [4.69, 9.17) is 14.4 Å². The molecule has 0 bridgehead atoms. The number of aromatic nitrogens is 2. The summed E-state index contributed by atoms with van der Waals surface area (Å²) in [5, 5.41) is 1.12. The monoisotopic (exact) mass is 618 g/mol. The molecule has 1 atom stereocenters. The van der Waals surface area contributed by atoms with Crippen LogP contribution in [0.15, 0.2) is 172 Å². The molecule has 0 amide bonds. The smallest absolute Gasteiger partial charge is 0.160 e. The molecule has 0 fully saturated rings. The molecule has 2 aromatic heterocycles. The van der Waals surface area contributed by atoms with Gasteiger partial charge in [0.2, 0.25) is 0 Å². The Bertz CT molecular complexity index is 2440. The van der Waals surface area contributed by atoms with Crippen LogP contribution in [0.4, 0.5) is 0 Å². The van der Waals surface area contributed by atoms with Crippen molar-refractivity contribution in [3.8, 4) is 45.0 Å². The Morgan fingerprint density at radius 3 is 2.02 bits per heavy atom. The molecule has 1 spiro atoms. The van der Waals surface area contributed by atoms with E-state index in [0.717, 1.165) is 39.0 Å². The number of hydrogen-bond donors (Lipinski definition) is 0. The van der Waals surface area contributed by atoms with Crippen LogP contribution < -0.4 is 0 Å². The first kappa shape index (κ1) is 26.5. The zero-order valence-corrected chi connectivity index (χ0v) is 26.0. The third kappa shape index (κ3) is 3.82. The highest BCUT2D eigenvalue weighted by molar-refractivity contribution is 7.99. The van der Waals surface area contributed by atoms with E-state index in [0.29, 0.717) is 5.82 Å². The molecule has 0 saturated carbocycles. The second-order valence-electron chi connectivity index (χ2n) is 12.1. The highest BCUT2D eigenvalue weighted by atomic mass is 32.2. The van der Waals surface area contributed by atoms with E-state index in [2.05, 4.69) is 127 Å². The first-order valence-corrected chi connectivity index (χ1v) is 16.6. The van der Waals surface area contributed by atoms with Crippen LogP contribution in [0.25, 0.3) is 56.0 Å². The fourth-order valence-electron chi connectivity index (χ4n) is 7.64. The summed E-state index contributed by atoms with van der Waals surface area (Å²) in [7, 11) is 0. The summed E-state index contributed by atoms with van der Waals surface area (Å²) in [6.45, 7) is 0. The maximum atomic E-state index is 6.03. The summed E-state index contributed by atoms with van der Waals surface area (Å²) in [5.41, 5.74) is 13.0. The minimum atomic E-state index is -0.516. The van der Waals surface area contributed by atoms with E-state index >= 15 is 0 Å². The summed E-state index contributed by atoms with van der Waals surface area (Å²) >= 11 is 1.84. The lowest BCUT2D eigenvalue weighted by molar-refractivity contribution is 0.614. The molecular weight excluding hydrogens is 593 g/mol. The second-order valence-corrected chi connectivity index (χ2v) is 13.2. The predicted octanol–water partition coefficient (Wildman–Crippen LogP) is 11.1. The summed E-state index contributed by atoms with van der Waals surface area (Å²) in [4.78, 5) is 12.8. The molecule has 6 aromatic carbocycles. The number of hydrogen-bond acceptors (Lipinski definition) is 4. The average Bonchev–Trinajstić information content (AvgIpc) is 3.72. The van der Waals surface area contributed by atoms with Crippen LogP contribution in [0.5, 0.6) is 0 Å². The molecule has 3 nitrogen and oxygen atoms in total. The molecule has 0 N–H and O–H groups in total. The third-order valence-corrected chi connectivity index (χ3v) is 10.9. The van der Waals surface area contributed by atoms with Crippen molar-refractivity contribution in [2.45, 2.75) is 15.2 Å². The molecule has 220 valence electrons. The SMILES string of the molecule is c1ccc(-c2cc(-c3cccc4c3Sc3ccccc3C43c4ccccc4-c4cc5ccoc5cc43)nc(-c3ccccc3)n2)cc1. The van der Waals surface area contributed by atoms with Gasteiger partial charge in [-0.25, -0.2) is 9.97 Å². The van der Waals surface area contributed by atoms with Crippen molar-refractivity contribution < 1.29 is 4.42 Å². The van der Waals surface area contributed by atoms with Gasteiger partial charge in [-0.3, -0.25) is 0 Å². The number of furan rings is 1. The van der Waals surface area contributed by atoms with Gasteiger partial charge in [0.05, 0.1) is 23.1 Å². The van der Waals surface area contributed by atoms with Gasteiger partial charge < -0.3 is 4.42 Å². The molecule has 0 saturated heterocycles. The summed E-state index contributed by atoms with van der Waals surface area (Å²) in [6, 6.07) is 54.0. The van der Waals surface area contributed by atoms with Gasteiger partial charge in [0.15, 0.2) is 5.82 Å². The van der Waals surface area contributed by atoms with Crippen LogP contribution in [-0.4, -0.2) is 9.97 Å². The van der Waals surface area contributed by atoms with Crippen molar-refractivity contribution in [1.82, 2.24) is 9.97 Å². The van der Waals surface area contributed by atoms with Crippen molar-refractivity contribution in [3.63, 3.8) is 0 Å². The molecule has 47 heavy (non-hydrogen) atoms. The van der Waals surface area contributed by atoms with E-state index < -0.39 is 5.41 Å². The van der Waals surface area contributed by atoms with Crippen LogP contribution in [0, 0.1) is 0 Å². The fraction of sp³-hybridized carbons (Fsp3) is 0.0233. The Labute approximate surface area is 276 Å². The van der Waals surface area contributed by atoms with Crippen molar-refractivity contribution >= 4 is 22.7 Å². The molecular formula is C43H26N2OS. The van der Waals surface area contributed by atoms with Crippen LogP contribution >= 0.6 is 11.8 Å². The van der Waals surface area contributed by atoms with Gasteiger partial charge in [-0.15, -0.1) is 0 Å². The van der Waals surface area contributed by atoms with Gasteiger partial charge in [0, 0.05) is 31.9 Å². The van der Waals surface area contributed by atoms with E-state index in [1.807, 2.05) is 36.0 Å². The first-order valence-electron chi connectivity index (χ1n) is 15.8. The van der Waals surface area contributed by atoms with Gasteiger partial charge in [-0.05, 0) is 63.7 Å². The van der Waals surface area contributed by atoms with Gasteiger partial charge in [0.25, 0.3) is 0 Å². The van der Waals surface area contributed by atoms with Gasteiger partial charge >= 0.3 is 0 Å². The molecule has 1 aliphatic carbocycles. The first-order chi connectivity index (χ1) is 23.3. The van der Waals surface area contributed by atoms with Crippen LogP contribution in [0.3, 0.4) is 0 Å². The van der Waals surface area contributed by atoms with Crippen molar-refractivity contribution in [2.24, 2.45) is 0 Å². The lowest BCUT2D eigenvalue weighted by atomic mass is 9.67. The predicted molar refractivity (Wildman–Crippen MR) is 190 cm³/mol. The van der Waals surface area contributed by atoms with Crippen LogP contribution in [-0.2, 0) is 5.41 Å². The quantitative estimate of drug-likeness (QED) is 0.197. The maximum absolute atomic E-state index is 6.03. The molecule has 8 aromatic rings. The van der Waals surface area contributed by atoms with Crippen molar-refractivity contribution in [2.75, 3.05) is 0 Å².